The molecule has 0 aromatic heterocycles. The molecule has 1 radical (unpaired) electrons. The molecule has 0 N–H and O–H groups in total. The van der Waals surface area contributed by atoms with Crippen molar-refractivity contribution < 1.29 is 4.43 Å². The second kappa shape index (κ2) is 5.67. The van der Waals surface area contributed by atoms with Gasteiger partial charge in [0, 0.05) is 31.3 Å². The average Bonchev–Trinajstić information content (AvgIpc) is 2.06. The summed E-state index contributed by atoms with van der Waals surface area (Å²) in [6.45, 7) is 25.8. The maximum Gasteiger partial charge on any atom is 0.208 e. The van der Waals surface area contributed by atoms with E-state index in [1.54, 1.807) is 0 Å². The van der Waals surface area contributed by atoms with Crippen LogP contribution in [0.15, 0.2) is 0 Å². The topological polar surface area (TPSA) is 9.23 Å². The number of hydrogen-bond donors (Lipinski definition) is 0. The Morgan fingerprint density at radius 3 is 1.11 bits per heavy atom. The van der Waals surface area contributed by atoms with E-state index in [9.17, 15) is 0 Å². The molecule has 0 heterocycles. The van der Waals surface area contributed by atoms with Crippen molar-refractivity contribution in [3.8, 4) is 0 Å². The standard InChI is InChI=1S/C13H35OSi4/c1-12-15(14-2)13(16(3,4)5,17(6,7)8)18(9,10)11/h12H2,1-11H3. The smallest absolute Gasteiger partial charge is 0.208 e. The molecule has 0 aromatic carbocycles. The lowest BCUT2D eigenvalue weighted by Crippen LogP contribution is -2.72. The molecule has 5 heteroatoms. The van der Waals surface area contributed by atoms with E-state index in [-0.39, 0.29) is 0 Å². The summed E-state index contributed by atoms with van der Waals surface area (Å²) in [7, 11) is -2.54. The van der Waals surface area contributed by atoms with Crippen LogP contribution in [0.4, 0.5) is 0 Å². The van der Waals surface area contributed by atoms with Gasteiger partial charge in [0.15, 0.2) is 0 Å². The summed E-state index contributed by atoms with van der Waals surface area (Å²) in [6.07, 6.45) is 0. The van der Waals surface area contributed by atoms with Gasteiger partial charge in [-0.25, -0.2) is 0 Å². The quantitative estimate of drug-likeness (QED) is 0.625. The first-order chi connectivity index (χ1) is 7.77. The zero-order chi connectivity index (χ0) is 15.0. The Bertz CT molecular complexity index is 230. The molecule has 0 aliphatic rings. The molecular weight excluding hydrogens is 284 g/mol. The van der Waals surface area contributed by atoms with Crippen LogP contribution in [0.25, 0.3) is 0 Å². The van der Waals surface area contributed by atoms with E-state index < -0.39 is 33.3 Å². The molecule has 0 spiro atoms. The molecule has 0 aromatic rings. The lowest BCUT2D eigenvalue weighted by atomic mass is 11.0. The van der Waals surface area contributed by atoms with Crippen molar-refractivity contribution in [2.45, 2.75) is 75.8 Å². The highest BCUT2D eigenvalue weighted by molar-refractivity contribution is 7.25. The molecule has 0 saturated heterocycles. The van der Waals surface area contributed by atoms with Crippen LogP contribution in [-0.4, -0.2) is 40.4 Å². The van der Waals surface area contributed by atoms with E-state index in [0.717, 1.165) is 0 Å². The molecule has 0 fully saturated rings. The highest BCUT2D eigenvalue weighted by atomic mass is 28.5. The summed E-state index contributed by atoms with van der Waals surface area (Å²) in [5.74, 6) is 0. The minimum absolute atomic E-state index is 0.626. The molecule has 0 unspecified atom stereocenters. The molecule has 0 aliphatic heterocycles. The molecule has 0 atom stereocenters. The van der Waals surface area contributed by atoms with Gasteiger partial charge in [0.25, 0.3) is 0 Å². The third kappa shape index (κ3) is 2.95. The summed E-state index contributed by atoms with van der Waals surface area (Å²) in [5, 5.41) is 0. The van der Waals surface area contributed by atoms with Crippen molar-refractivity contribution in [3.63, 3.8) is 0 Å². The Balaban J connectivity index is 6.25. The van der Waals surface area contributed by atoms with Crippen molar-refractivity contribution in [1.82, 2.24) is 0 Å². The van der Waals surface area contributed by atoms with Crippen LogP contribution in [0.1, 0.15) is 6.92 Å². The Hall–Kier alpha value is 0.828. The van der Waals surface area contributed by atoms with Crippen LogP contribution in [0, 0.1) is 0 Å². The van der Waals surface area contributed by atoms with Gasteiger partial charge in [-0.15, -0.1) is 0 Å². The number of hydrogen-bond acceptors (Lipinski definition) is 1. The van der Waals surface area contributed by atoms with Gasteiger partial charge in [-0.1, -0.05) is 65.8 Å². The maximum absolute atomic E-state index is 6.15. The molecule has 0 amide bonds. The molecule has 18 heavy (non-hydrogen) atoms. The van der Waals surface area contributed by atoms with Gasteiger partial charge in [0.2, 0.25) is 9.04 Å². The van der Waals surface area contributed by atoms with Crippen LogP contribution < -0.4 is 0 Å². The minimum Gasteiger partial charge on any atom is -0.420 e. The van der Waals surface area contributed by atoms with Gasteiger partial charge < -0.3 is 4.43 Å². The summed E-state index contributed by atoms with van der Waals surface area (Å²) >= 11 is 0. The predicted molar refractivity (Wildman–Crippen MR) is 96.0 cm³/mol. The van der Waals surface area contributed by atoms with Crippen LogP contribution >= 0.6 is 0 Å². The predicted octanol–water partition coefficient (Wildman–Crippen LogP) is 5.02. The van der Waals surface area contributed by atoms with E-state index in [0.29, 0.717) is 3.91 Å². The Morgan fingerprint density at radius 2 is 1.06 bits per heavy atom. The second-order valence-electron chi connectivity index (χ2n) is 8.48. The van der Waals surface area contributed by atoms with Crippen LogP contribution in [0.3, 0.4) is 0 Å². The van der Waals surface area contributed by atoms with Gasteiger partial charge in [0.05, 0.1) is 0 Å². The molecule has 109 valence electrons. The summed E-state index contributed by atoms with van der Waals surface area (Å²) in [6, 6.07) is 1.26. The van der Waals surface area contributed by atoms with E-state index in [2.05, 4.69) is 65.8 Å². The normalized spacial score (nSPS) is 15.3. The van der Waals surface area contributed by atoms with Crippen molar-refractivity contribution >= 4 is 33.3 Å². The van der Waals surface area contributed by atoms with Gasteiger partial charge >= 0.3 is 0 Å². The summed E-state index contributed by atoms with van der Waals surface area (Å²) in [5.41, 5.74) is 0. The minimum atomic E-state index is -1.27. The van der Waals surface area contributed by atoms with E-state index >= 15 is 0 Å². The number of rotatable bonds is 6. The van der Waals surface area contributed by atoms with Crippen LogP contribution in [0.5, 0.6) is 0 Å². The third-order valence-electron chi connectivity index (χ3n) is 4.36. The molecule has 0 saturated carbocycles. The molecule has 0 aliphatic carbocycles. The summed E-state index contributed by atoms with van der Waals surface area (Å²) in [4.78, 5) is 0. The highest BCUT2D eigenvalue weighted by Crippen LogP contribution is 2.56. The first-order valence-corrected chi connectivity index (χ1v) is 19.3. The van der Waals surface area contributed by atoms with E-state index in [1.807, 2.05) is 7.11 Å². The third-order valence-corrected chi connectivity index (χ3v) is 35.8. The zero-order valence-electron chi connectivity index (χ0n) is 14.6. The Kier molecular flexibility index (Phi) is 5.93. The Labute approximate surface area is 120 Å². The van der Waals surface area contributed by atoms with Gasteiger partial charge in [-0.05, 0) is 9.95 Å². The monoisotopic (exact) mass is 319 g/mol. The van der Waals surface area contributed by atoms with Crippen molar-refractivity contribution in [3.05, 3.63) is 0 Å². The fourth-order valence-electron chi connectivity index (χ4n) is 5.19. The van der Waals surface area contributed by atoms with E-state index in [1.165, 1.54) is 6.04 Å². The molecular formula is C13H35OSi4. The first-order valence-electron chi connectivity index (χ1n) is 7.17. The van der Waals surface area contributed by atoms with E-state index in [4.69, 9.17) is 4.43 Å². The lowest BCUT2D eigenvalue weighted by molar-refractivity contribution is 0.416. The second-order valence-corrected chi connectivity index (χ2v) is 29.9. The van der Waals surface area contributed by atoms with Crippen molar-refractivity contribution in [2.75, 3.05) is 7.11 Å². The SMILES string of the molecule is CC[Si](OC)C([Si](C)(C)C)([Si](C)(C)C)[Si](C)(C)C. The van der Waals surface area contributed by atoms with Gasteiger partial charge in [-0.3, -0.25) is 0 Å². The summed E-state index contributed by atoms with van der Waals surface area (Å²) < 4.78 is 6.78. The fourth-order valence-corrected chi connectivity index (χ4v) is 45.9. The van der Waals surface area contributed by atoms with Crippen LogP contribution in [-0.2, 0) is 4.43 Å². The fraction of sp³-hybridized carbons (Fsp3) is 1.00. The zero-order valence-corrected chi connectivity index (χ0v) is 18.6. The maximum atomic E-state index is 6.15. The molecule has 1 nitrogen and oxygen atoms in total. The van der Waals surface area contributed by atoms with Crippen molar-refractivity contribution in [1.29, 1.82) is 0 Å². The average molecular weight is 320 g/mol. The largest absolute Gasteiger partial charge is 0.420 e. The first kappa shape index (κ1) is 18.8. The van der Waals surface area contributed by atoms with Gasteiger partial charge in [0.1, 0.15) is 0 Å². The van der Waals surface area contributed by atoms with Gasteiger partial charge in [-0.2, -0.15) is 0 Å². The lowest BCUT2D eigenvalue weighted by Gasteiger charge is -2.61. The van der Waals surface area contributed by atoms with Crippen molar-refractivity contribution in [2.24, 2.45) is 0 Å². The molecule has 0 bridgehead atoms. The Morgan fingerprint density at radius 1 is 0.778 bits per heavy atom. The van der Waals surface area contributed by atoms with Crippen LogP contribution in [0.2, 0.25) is 68.9 Å². The molecule has 0 rings (SSSR count). The highest BCUT2D eigenvalue weighted by Gasteiger charge is 2.64.